The highest BCUT2D eigenvalue weighted by Gasteiger charge is 2.09. The van der Waals surface area contributed by atoms with Crippen molar-refractivity contribution >= 4 is 23.2 Å². The van der Waals surface area contributed by atoms with Crippen LogP contribution >= 0.6 is 11.6 Å². The molecular formula is C10H10ClN3O2. The van der Waals surface area contributed by atoms with Gasteiger partial charge in [0, 0.05) is 17.5 Å². The van der Waals surface area contributed by atoms with E-state index in [0.717, 1.165) is 11.4 Å². The van der Waals surface area contributed by atoms with Crippen molar-refractivity contribution in [3.05, 3.63) is 23.5 Å². The summed E-state index contributed by atoms with van der Waals surface area (Å²) in [7, 11) is 0. The summed E-state index contributed by atoms with van der Waals surface area (Å²) in [6.07, 6.45) is 0. The Kier molecular flexibility index (Phi) is 2.78. The third kappa shape index (κ3) is 1.99. The molecule has 2 aromatic rings. The van der Waals surface area contributed by atoms with Crippen LogP contribution in [0.5, 0.6) is 5.88 Å². The van der Waals surface area contributed by atoms with Crippen molar-refractivity contribution < 1.29 is 9.53 Å². The van der Waals surface area contributed by atoms with Crippen LogP contribution in [-0.4, -0.2) is 26.4 Å². The number of fused-ring (bicyclic) bond motifs is 1. The van der Waals surface area contributed by atoms with Crippen molar-refractivity contribution in [1.82, 2.24) is 14.6 Å². The molecule has 84 valence electrons. The summed E-state index contributed by atoms with van der Waals surface area (Å²) in [5.41, 5.74) is 2.46. The number of aryl methyl sites for hydroxylation is 2. The van der Waals surface area contributed by atoms with E-state index in [2.05, 4.69) is 10.1 Å². The lowest BCUT2D eigenvalue weighted by Crippen LogP contribution is -2.09. The number of nitrogens with zero attached hydrogens (tertiary/aromatic N) is 3. The van der Waals surface area contributed by atoms with Crippen molar-refractivity contribution in [2.45, 2.75) is 13.8 Å². The second-order valence-corrected chi connectivity index (χ2v) is 3.67. The topological polar surface area (TPSA) is 56.5 Å². The highest BCUT2D eigenvalue weighted by atomic mass is 35.5. The van der Waals surface area contributed by atoms with Gasteiger partial charge in [0.25, 0.3) is 0 Å². The average Bonchev–Trinajstić information content (AvgIpc) is 2.60. The molecule has 0 aliphatic carbocycles. The van der Waals surface area contributed by atoms with E-state index >= 15 is 0 Å². The first-order valence-corrected chi connectivity index (χ1v) is 5.24. The van der Waals surface area contributed by atoms with Gasteiger partial charge in [0.2, 0.25) is 5.88 Å². The van der Waals surface area contributed by atoms with Crippen LogP contribution in [0.15, 0.2) is 12.1 Å². The number of halogens is 1. The molecule has 0 unspecified atom stereocenters. The Bertz CT molecular complexity index is 550. The maximum absolute atomic E-state index is 11.0. The summed E-state index contributed by atoms with van der Waals surface area (Å²) in [6.45, 7) is 3.80. The summed E-state index contributed by atoms with van der Waals surface area (Å²) in [5, 5.41) is 4.09. The van der Waals surface area contributed by atoms with Crippen LogP contribution in [0.25, 0.3) is 5.65 Å². The second-order valence-electron chi connectivity index (χ2n) is 3.40. The van der Waals surface area contributed by atoms with Crippen molar-refractivity contribution in [3.8, 4) is 5.88 Å². The van der Waals surface area contributed by atoms with Crippen molar-refractivity contribution in [2.75, 3.05) is 5.88 Å². The fraction of sp³-hybridized carbons (Fsp3) is 0.300. The van der Waals surface area contributed by atoms with Crippen LogP contribution in [-0.2, 0) is 4.79 Å². The molecule has 0 saturated heterocycles. The molecule has 2 aromatic heterocycles. The molecule has 0 bridgehead atoms. The lowest BCUT2D eigenvalue weighted by molar-refractivity contribution is -0.131. The second kappa shape index (κ2) is 4.09. The van der Waals surface area contributed by atoms with E-state index in [4.69, 9.17) is 16.3 Å². The molecular weight excluding hydrogens is 230 g/mol. The number of carbonyl (C=O) groups excluding carboxylic acids is 1. The maximum Gasteiger partial charge on any atom is 0.327 e. The molecule has 0 atom stereocenters. The lowest BCUT2D eigenvalue weighted by atomic mass is 10.3. The van der Waals surface area contributed by atoms with E-state index in [0.29, 0.717) is 5.65 Å². The summed E-state index contributed by atoms with van der Waals surface area (Å²) >= 11 is 5.33. The smallest absolute Gasteiger partial charge is 0.327 e. The van der Waals surface area contributed by atoms with Gasteiger partial charge in [0.15, 0.2) is 5.65 Å². The Morgan fingerprint density at radius 2 is 2.25 bits per heavy atom. The highest BCUT2D eigenvalue weighted by Crippen LogP contribution is 2.14. The summed E-state index contributed by atoms with van der Waals surface area (Å²) < 4.78 is 6.52. The normalized spacial score (nSPS) is 10.7. The lowest BCUT2D eigenvalue weighted by Gasteiger charge is -1.98. The van der Waals surface area contributed by atoms with Gasteiger partial charge in [0.1, 0.15) is 5.88 Å². The number of hydrogen-bond acceptors (Lipinski definition) is 4. The van der Waals surface area contributed by atoms with Crippen LogP contribution in [0.4, 0.5) is 0 Å². The number of alkyl halides is 1. The highest BCUT2D eigenvalue weighted by molar-refractivity contribution is 6.26. The Morgan fingerprint density at radius 3 is 2.94 bits per heavy atom. The monoisotopic (exact) mass is 239 g/mol. The van der Waals surface area contributed by atoms with E-state index in [1.54, 1.807) is 10.6 Å². The number of hydrogen-bond donors (Lipinski definition) is 0. The number of esters is 1. The molecule has 0 aliphatic heterocycles. The molecule has 6 heteroatoms. The van der Waals surface area contributed by atoms with E-state index in [1.165, 1.54) is 0 Å². The summed E-state index contributed by atoms with van der Waals surface area (Å²) in [4.78, 5) is 15.3. The molecule has 0 aliphatic rings. The van der Waals surface area contributed by atoms with E-state index < -0.39 is 5.97 Å². The van der Waals surface area contributed by atoms with Crippen molar-refractivity contribution in [1.29, 1.82) is 0 Å². The van der Waals surface area contributed by atoms with Crippen molar-refractivity contribution in [3.63, 3.8) is 0 Å². The first-order valence-electron chi connectivity index (χ1n) is 4.71. The van der Waals surface area contributed by atoms with Gasteiger partial charge in [-0.1, -0.05) is 0 Å². The molecule has 0 N–H and O–H groups in total. The van der Waals surface area contributed by atoms with Crippen LogP contribution in [0, 0.1) is 13.8 Å². The minimum atomic E-state index is -0.528. The summed E-state index contributed by atoms with van der Waals surface area (Å²) in [5.74, 6) is -0.509. The largest absolute Gasteiger partial charge is 0.405 e. The Balaban J connectivity index is 2.44. The quantitative estimate of drug-likeness (QED) is 0.589. The molecule has 0 radical (unpaired) electrons. The Morgan fingerprint density at radius 1 is 1.50 bits per heavy atom. The molecule has 2 heterocycles. The SMILES string of the molecule is Cc1cc(C)n2nc(OC(=O)CCl)cc2n1. The molecule has 16 heavy (non-hydrogen) atoms. The number of rotatable bonds is 2. The van der Waals surface area contributed by atoms with Gasteiger partial charge in [-0.2, -0.15) is 0 Å². The van der Waals surface area contributed by atoms with Crippen LogP contribution in [0.3, 0.4) is 0 Å². The van der Waals surface area contributed by atoms with Gasteiger partial charge < -0.3 is 4.74 Å². The fourth-order valence-electron chi connectivity index (χ4n) is 1.46. The maximum atomic E-state index is 11.0. The predicted molar refractivity (Wildman–Crippen MR) is 58.8 cm³/mol. The van der Waals surface area contributed by atoms with Crippen LogP contribution in [0.2, 0.25) is 0 Å². The number of ether oxygens (including phenoxy) is 1. The first-order chi connectivity index (χ1) is 7.60. The fourth-order valence-corrected chi connectivity index (χ4v) is 1.51. The van der Waals surface area contributed by atoms with E-state index in [9.17, 15) is 4.79 Å². The molecule has 0 amide bonds. The molecule has 5 nitrogen and oxygen atoms in total. The van der Waals surface area contributed by atoms with Crippen LogP contribution in [0.1, 0.15) is 11.4 Å². The first kappa shape index (κ1) is 10.9. The standard InChI is InChI=1S/C10H10ClN3O2/c1-6-3-7(2)14-8(12-6)4-9(13-14)16-10(15)5-11/h3-4H,5H2,1-2H3. The van der Waals surface area contributed by atoms with Gasteiger partial charge in [-0.15, -0.1) is 16.7 Å². The minimum Gasteiger partial charge on any atom is -0.405 e. The molecule has 0 spiro atoms. The zero-order chi connectivity index (χ0) is 11.7. The van der Waals surface area contributed by atoms with Gasteiger partial charge in [-0.25, -0.2) is 9.50 Å². The van der Waals surface area contributed by atoms with Crippen molar-refractivity contribution in [2.24, 2.45) is 0 Å². The van der Waals surface area contributed by atoms with E-state index in [1.807, 2.05) is 19.9 Å². The van der Waals surface area contributed by atoms with Gasteiger partial charge in [0.05, 0.1) is 0 Å². The molecule has 0 fully saturated rings. The van der Waals surface area contributed by atoms with Gasteiger partial charge >= 0.3 is 5.97 Å². The summed E-state index contributed by atoms with van der Waals surface area (Å²) in [6, 6.07) is 3.50. The Hall–Kier alpha value is -1.62. The third-order valence-electron chi connectivity index (χ3n) is 2.04. The zero-order valence-electron chi connectivity index (χ0n) is 8.90. The van der Waals surface area contributed by atoms with Gasteiger partial charge in [-0.05, 0) is 19.9 Å². The molecule has 2 rings (SSSR count). The number of carbonyl (C=O) groups is 1. The van der Waals surface area contributed by atoms with E-state index in [-0.39, 0.29) is 11.8 Å². The molecule has 0 saturated carbocycles. The third-order valence-corrected chi connectivity index (χ3v) is 2.26. The number of aromatic nitrogens is 3. The minimum absolute atomic E-state index is 0.195. The van der Waals surface area contributed by atoms with Crippen LogP contribution < -0.4 is 4.74 Å². The Labute approximate surface area is 97.0 Å². The predicted octanol–water partition coefficient (Wildman–Crippen LogP) is 1.49. The average molecular weight is 240 g/mol. The molecule has 0 aromatic carbocycles. The van der Waals surface area contributed by atoms with Gasteiger partial charge in [-0.3, -0.25) is 4.79 Å². The zero-order valence-corrected chi connectivity index (χ0v) is 9.65.